The minimum absolute atomic E-state index is 0. The fourth-order valence-corrected chi connectivity index (χ4v) is 2.53. The molecule has 0 aliphatic heterocycles. The average Bonchev–Trinajstić information content (AvgIpc) is 2.68. The number of carbonyl (C=O) groups is 1. The summed E-state index contributed by atoms with van der Waals surface area (Å²) in [5.74, 6) is 0.303. The Hall–Kier alpha value is -2.30. The summed E-state index contributed by atoms with van der Waals surface area (Å²) >= 11 is 0. The highest BCUT2D eigenvalue weighted by Crippen LogP contribution is 2.29. The van der Waals surface area contributed by atoms with Gasteiger partial charge in [-0.2, -0.15) is 13.2 Å². The van der Waals surface area contributed by atoms with E-state index < -0.39 is 11.7 Å². The predicted octanol–water partition coefficient (Wildman–Crippen LogP) is 3.94. The van der Waals surface area contributed by atoms with Crippen LogP contribution in [0.3, 0.4) is 0 Å². The van der Waals surface area contributed by atoms with Gasteiger partial charge in [-0.1, -0.05) is 24.3 Å². The van der Waals surface area contributed by atoms with Crippen molar-refractivity contribution in [3.8, 4) is 0 Å². The monoisotopic (exact) mass is 520 g/mol. The zero-order chi connectivity index (χ0) is 20.6. The van der Waals surface area contributed by atoms with Crippen molar-refractivity contribution in [2.45, 2.75) is 26.2 Å². The van der Waals surface area contributed by atoms with Crippen LogP contribution in [-0.2, 0) is 19.3 Å². The first-order valence-electron chi connectivity index (χ1n) is 8.81. The Morgan fingerprint density at radius 1 is 0.966 bits per heavy atom. The Bertz CT molecular complexity index is 840. The lowest BCUT2D eigenvalue weighted by Gasteiger charge is -2.13. The molecule has 5 nitrogen and oxygen atoms in total. The molecule has 0 spiro atoms. The second-order valence-electron chi connectivity index (χ2n) is 6.04. The zero-order valence-electron chi connectivity index (χ0n) is 16.1. The minimum atomic E-state index is -4.37. The van der Waals surface area contributed by atoms with Crippen LogP contribution in [0.2, 0.25) is 0 Å². The van der Waals surface area contributed by atoms with Crippen LogP contribution < -0.4 is 16.0 Å². The fourth-order valence-electron chi connectivity index (χ4n) is 2.53. The summed E-state index contributed by atoms with van der Waals surface area (Å²) in [6, 6.07) is 12.3. The molecule has 0 bridgehead atoms. The molecule has 158 valence electrons. The number of hydrogen-bond donors (Lipinski definition) is 3. The van der Waals surface area contributed by atoms with Crippen LogP contribution in [0.15, 0.2) is 53.5 Å². The van der Waals surface area contributed by atoms with E-state index in [0.717, 1.165) is 17.7 Å². The number of rotatable bonds is 6. The number of alkyl halides is 3. The molecule has 2 aromatic rings. The Kier molecular flexibility index (Phi) is 9.93. The Labute approximate surface area is 185 Å². The Balaban J connectivity index is 0.00000420. The van der Waals surface area contributed by atoms with E-state index >= 15 is 0 Å². The van der Waals surface area contributed by atoms with Gasteiger partial charge in [0.1, 0.15) is 0 Å². The Morgan fingerprint density at radius 3 is 2.10 bits per heavy atom. The highest BCUT2D eigenvalue weighted by atomic mass is 127. The summed E-state index contributed by atoms with van der Waals surface area (Å²) in [7, 11) is 1.58. The molecule has 1 amide bonds. The maximum absolute atomic E-state index is 12.8. The molecule has 2 rings (SSSR count). The van der Waals surface area contributed by atoms with E-state index in [4.69, 9.17) is 0 Å². The molecule has 0 heterocycles. The first-order chi connectivity index (χ1) is 13.3. The van der Waals surface area contributed by atoms with Crippen molar-refractivity contribution in [1.82, 2.24) is 16.0 Å². The number of guanidine groups is 1. The molecule has 0 aliphatic rings. The lowest BCUT2D eigenvalue weighted by molar-refractivity contribution is -0.137. The van der Waals surface area contributed by atoms with Crippen LogP contribution in [0, 0.1) is 0 Å². The third kappa shape index (κ3) is 7.92. The van der Waals surface area contributed by atoms with Crippen molar-refractivity contribution < 1.29 is 18.0 Å². The van der Waals surface area contributed by atoms with Crippen molar-refractivity contribution in [2.24, 2.45) is 4.99 Å². The van der Waals surface area contributed by atoms with Crippen LogP contribution in [0.5, 0.6) is 0 Å². The molecule has 0 radical (unpaired) electrons. The van der Waals surface area contributed by atoms with E-state index in [9.17, 15) is 18.0 Å². The van der Waals surface area contributed by atoms with Gasteiger partial charge < -0.3 is 16.0 Å². The van der Waals surface area contributed by atoms with Crippen molar-refractivity contribution in [1.29, 1.82) is 0 Å². The zero-order valence-corrected chi connectivity index (χ0v) is 18.5. The number of nitrogens with one attached hydrogen (secondary N) is 3. The van der Waals surface area contributed by atoms with Gasteiger partial charge in [-0.25, -0.2) is 0 Å². The first-order valence-corrected chi connectivity index (χ1v) is 8.81. The summed E-state index contributed by atoms with van der Waals surface area (Å²) < 4.78 is 38.4. The number of carbonyl (C=O) groups excluding carboxylic acids is 1. The van der Waals surface area contributed by atoms with Crippen molar-refractivity contribution >= 4 is 35.8 Å². The normalized spacial score (nSPS) is 11.4. The second-order valence-corrected chi connectivity index (χ2v) is 6.04. The summed E-state index contributed by atoms with van der Waals surface area (Å²) in [6.07, 6.45) is -4.37. The highest BCUT2D eigenvalue weighted by molar-refractivity contribution is 14.0. The molecule has 0 saturated carbocycles. The van der Waals surface area contributed by atoms with E-state index in [0.29, 0.717) is 30.2 Å². The van der Waals surface area contributed by atoms with Crippen molar-refractivity contribution in [3.63, 3.8) is 0 Å². The number of nitrogens with zero attached hydrogens (tertiary/aromatic N) is 1. The van der Waals surface area contributed by atoms with E-state index in [1.807, 2.05) is 13.0 Å². The lowest BCUT2D eigenvalue weighted by atomic mass is 10.1. The van der Waals surface area contributed by atoms with Crippen molar-refractivity contribution in [3.05, 3.63) is 70.8 Å². The molecule has 0 fully saturated rings. The van der Waals surface area contributed by atoms with Gasteiger partial charge in [-0.3, -0.25) is 9.79 Å². The number of hydrogen-bond acceptors (Lipinski definition) is 2. The van der Waals surface area contributed by atoms with E-state index in [1.165, 1.54) is 6.07 Å². The lowest BCUT2D eigenvalue weighted by Crippen LogP contribution is -2.36. The van der Waals surface area contributed by atoms with Gasteiger partial charge in [0, 0.05) is 32.2 Å². The first kappa shape index (κ1) is 24.7. The van der Waals surface area contributed by atoms with Crippen LogP contribution in [0.4, 0.5) is 13.2 Å². The van der Waals surface area contributed by atoms with Crippen LogP contribution in [0.25, 0.3) is 0 Å². The van der Waals surface area contributed by atoms with Gasteiger partial charge in [-0.05, 0) is 42.3 Å². The van der Waals surface area contributed by atoms with E-state index in [-0.39, 0.29) is 36.4 Å². The summed E-state index contributed by atoms with van der Waals surface area (Å²) in [6.45, 7) is 3.01. The van der Waals surface area contributed by atoms with Crippen LogP contribution in [0.1, 0.15) is 34.0 Å². The molecule has 3 N–H and O–H groups in total. The quantitative estimate of drug-likeness (QED) is 0.307. The number of benzene rings is 2. The molecule has 0 aliphatic carbocycles. The Morgan fingerprint density at radius 2 is 1.55 bits per heavy atom. The van der Waals surface area contributed by atoms with Gasteiger partial charge >= 0.3 is 6.18 Å². The number of aliphatic imine (C=N–C) groups is 1. The standard InChI is InChI=1S/C20H23F3N4O.HI/c1-3-25-18(28)16-8-4-6-14(10-16)12-26-19(24-2)27-13-15-7-5-9-17(11-15)20(21,22)23;/h4-11H,3,12-13H2,1-2H3,(H,25,28)(H2,24,26,27);1H. The molecule has 0 aromatic heterocycles. The molecule has 0 saturated heterocycles. The summed E-state index contributed by atoms with van der Waals surface area (Å²) in [5.41, 5.74) is 1.26. The smallest absolute Gasteiger partial charge is 0.352 e. The summed E-state index contributed by atoms with van der Waals surface area (Å²) in [5, 5.41) is 8.81. The van der Waals surface area contributed by atoms with E-state index in [2.05, 4.69) is 20.9 Å². The van der Waals surface area contributed by atoms with Gasteiger partial charge in [0.25, 0.3) is 5.91 Å². The van der Waals surface area contributed by atoms with Gasteiger partial charge in [0.2, 0.25) is 0 Å². The number of halogens is 4. The minimum Gasteiger partial charge on any atom is -0.352 e. The molecular weight excluding hydrogens is 496 g/mol. The molecule has 29 heavy (non-hydrogen) atoms. The molecule has 0 unspecified atom stereocenters. The van der Waals surface area contributed by atoms with Gasteiger partial charge in [0.15, 0.2) is 5.96 Å². The molecule has 0 atom stereocenters. The topological polar surface area (TPSA) is 65.5 Å². The SMILES string of the molecule is CCNC(=O)c1cccc(CNC(=NC)NCc2cccc(C(F)(F)F)c2)c1.I. The van der Waals surface area contributed by atoms with Crippen molar-refractivity contribution in [2.75, 3.05) is 13.6 Å². The molecular formula is C20H24F3IN4O. The van der Waals surface area contributed by atoms with Gasteiger partial charge in [0.05, 0.1) is 5.56 Å². The van der Waals surface area contributed by atoms with E-state index in [1.54, 1.807) is 31.3 Å². The third-order valence-electron chi connectivity index (χ3n) is 3.92. The largest absolute Gasteiger partial charge is 0.416 e. The van der Waals surface area contributed by atoms with Gasteiger partial charge in [-0.15, -0.1) is 24.0 Å². The molecule has 9 heteroatoms. The van der Waals surface area contributed by atoms with Crippen LogP contribution >= 0.6 is 24.0 Å². The predicted molar refractivity (Wildman–Crippen MR) is 118 cm³/mol. The second kappa shape index (κ2) is 11.6. The average molecular weight is 520 g/mol. The maximum Gasteiger partial charge on any atom is 0.416 e. The third-order valence-corrected chi connectivity index (χ3v) is 3.92. The number of amides is 1. The maximum atomic E-state index is 12.8. The molecule has 2 aromatic carbocycles. The fraction of sp³-hybridized carbons (Fsp3) is 0.300. The summed E-state index contributed by atoms with van der Waals surface area (Å²) in [4.78, 5) is 16.0. The van der Waals surface area contributed by atoms with Crippen LogP contribution in [-0.4, -0.2) is 25.5 Å². The highest BCUT2D eigenvalue weighted by Gasteiger charge is 2.30.